The molecule has 0 saturated carbocycles. The Kier molecular flexibility index (Phi) is 10.5. The second-order valence-electron chi connectivity index (χ2n) is 11.6. The predicted octanol–water partition coefficient (Wildman–Crippen LogP) is 5.98. The Morgan fingerprint density at radius 1 is 0.627 bits per heavy atom. The Bertz CT molecular complexity index is 1900. The first-order valence-corrected chi connectivity index (χ1v) is 16.1. The lowest BCUT2D eigenvalue weighted by molar-refractivity contribution is 0.0508. The molecule has 268 valence electrons. The van der Waals surface area contributed by atoms with Gasteiger partial charge in [-0.2, -0.15) is 0 Å². The van der Waals surface area contributed by atoms with E-state index in [1.165, 1.54) is 0 Å². The molecule has 0 radical (unpaired) electrons. The van der Waals surface area contributed by atoms with E-state index in [4.69, 9.17) is 42.7 Å². The van der Waals surface area contributed by atoms with Gasteiger partial charge >= 0.3 is 0 Å². The van der Waals surface area contributed by atoms with Crippen molar-refractivity contribution in [3.8, 4) is 46.0 Å². The summed E-state index contributed by atoms with van der Waals surface area (Å²) in [5.74, 6) is 3.79. The molecule has 1 amide bonds. The molecule has 0 aliphatic carbocycles. The Hall–Kier alpha value is -5.95. The minimum atomic E-state index is -0.441. The number of amides is 1. The van der Waals surface area contributed by atoms with Gasteiger partial charge in [0, 0.05) is 11.3 Å². The lowest BCUT2D eigenvalue weighted by atomic mass is 10.0. The van der Waals surface area contributed by atoms with Gasteiger partial charge in [0.2, 0.25) is 11.5 Å². The highest BCUT2D eigenvalue weighted by Gasteiger charge is 2.27. The van der Waals surface area contributed by atoms with Gasteiger partial charge in [0.25, 0.3) is 5.91 Å². The fourth-order valence-corrected chi connectivity index (χ4v) is 5.93. The number of rotatable bonds is 14. The second kappa shape index (κ2) is 15.3. The molecule has 4 aromatic rings. The summed E-state index contributed by atoms with van der Waals surface area (Å²) in [6.45, 7) is 2.34. The number of anilines is 1. The highest BCUT2D eigenvalue weighted by atomic mass is 16.7. The maximum atomic E-state index is 12.8. The molecule has 13 nitrogen and oxygen atoms in total. The minimum absolute atomic E-state index is 0.141. The Morgan fingerprint density at radius 3 is 1.90 bits per heavy atom. The lowest BCUT2D eigenvalue weighted by Gasteiger charge is -2.28. The van der Waals surface area contributed by atoms with Crippen molar-refractivity contribution < 1.29 is 47.5 Å². The molecule has 3 N–H and O–H groups in total. The Morgan fingerprint density at radius 2 is 1.25 bits per heavy atom. The molecule has 4 aromatic carbocycles. The summed E-state index contributed by atoms with van der Waals surface area (Å²) in [6, 6.07) is 18.6. The number of ether oxygens (including phenoxy) is 8. The molecule has 13 heteroatoms. The van der Waals surface area contributed by atoms with Gasteiger partial charge in [0.15, 0.2) is 34.5 Å². The highest BCUT2D eigenvalue weighted by Crippen LogP contribution is 2.44. The van der Waals surface area contributed by atoms with E-state index in [-0.39, 0.29) is 19.1 Å². The first-order valence-electron chi connectivity index (χ1n) is 16.1. The molecule has 2 aliphatic heterocycles. The van der Waals surface area contributed by atoms with Crippen LogP contribution in [0, 0.1) is 6.92 Å². The SMILES string of the molecule is COc1cc(C2NC(=O)c3cc(C)ccc3N2)ccc1OCCOc1c(OC)cc(C2=CC(c3cc(OC)c(OC)c(OC)c3)ON2)cc1OC. The number of nitrogens with one attached hydrogen (secondary N) is 3. The van der Waals surface area contributed by atoms with E-state index in [1.54, 1.807) is 48.7 Å². The molecule has 0 aromatic heterocycles. The molecule has 2 aliphatic rings. The van der Waals surface area contributed by atoms with Crippen LogP contribution in [0.3, 0.4) is 0 Å². The molecule has 0 bridgehead atoms. The largest absolute Gasteiger partial charge is 0.493 e. The van der Waals surface area contributed by atoms with Crippen LogP contribution in [0.5, 0.6) is 46.0 Å². The van der Waals surface area contributed by atoms with Gasteiger partial charge in [-0.05, 0) is 72.7 Å². The maximum Gasteiger partial charge on any atom is 0.255 e. The zero-order valence-electron chi connectivity index (χ0n) is 29.5. The molecule has 2 unspecified atom stereocenters. The van der Waals surface area contributed by atoms with Gasteiger partial charge in [-0.3, -0.25) is 15.1 Å². The standard InChI is InChI=1S/C38H41N3O10/c1-21-8-10-26-25(14-21)38(42)40-37(39-26)22-9-11-28(30(15-22)43-2)49-12-13-50-36-33(46-5)16-23(17-34(36)47-6)27-20-29(51-41-27)24-18-31(44-3)35(48-7)32(19-24)45-4/h8-11,14-20,29,37,39,41H,12-13H2,1-7H3,(H,40,42). The zero-order valence-corrected chi connectivity index (χ0v) is 29.5. The topological polar surface area (TPSA) is 136 Å². The van der Waals surface area contributed by atoms with Crippen LogP contribution in [0.1, 0.15) is 44.9 Å². The van der Waals surface area contributed by atoms with Crippen molar-refractivity contribution >= 4 is 17.3 Å². The molecular weight excluding hydrogens is 658 g/mol. The number of aryl methyl sites for hydroxylation is 1. The number of fused-ring (bicyclic) bond motifs is 1. The summed E-state index contributed by atoms with van der Waals surface area (Å²) in [7, 11) is 9.37. The van der Waals surface area contributed by atoms with E-state index in [0.29, 0.717) is 57.3 Å². The van der Waals surface area contributed by atoms with Gasteiger partial charge in [-0.1, -0.05) is 17.7 Å². The Balaban J connectivity index is 1.12. The first kappa shape index (κ1) is 34.9. The van der Waals surface area contributed by atoms with Crippen molar-refractivity contribution in [1.82, 2.24) is 10.8 Å². The number of methoxy groups -OCH3 is 6. The van der Waals surface area contributed by atoms with Gasteiger partial charge in [0.1, 0.15) is 25.5 Å². The number of hydroxylamine groups is 1. The molecule has 2 heterocycles. The van der Waals surface area contributed by atoms with Crippen LogP contribution in [0.2, 0.25) is 0 Å². The van der Waals surface area contributed by atoms with E-state index in [9.17, 15) is 4.79 Å². The number of carbonyl (C=O) groups excluding carboxylic acids is 1. The average Bonchev–Trinajstić information content (AvgIpc) is 3.66. The molecule has 2 atom stereocenters. The van der Waals surface area contributed by atoms with Crippen LogP contribution in [0.25, 0.3) is 5.70 Å². The molecule has 0 spiro atoms. The van der Waals surface area contributed by atoms with Crippen molar-refractivity contribution in [2.24, 2.45) is 0 Å². The summed E-state index contributed by atoms with van der Waals surface area (Å²) in [5, 5.41) is 6.38. The van der Waals surface area contributed by atoms with Crippen LogP contribution < -0.4 is 54.0 Å². The fraction of sp³-hybridized carbons (Fsp3) is 0.289. The maximum absolute atomic E-state index is 12.8. The average molecular weight is 700 g/mol. The third-order valence-electron chi connectivity index (χ3n) is 8.50. The summed E-state index contributed by atoms with van der Waals surface area (Å²) >= 11 is 0. The number of benzene rings is 4. The van der Waals surface area contributed by atoms with Crippen molar-refractivity contribution in [1.29, 1.82) is 0 Å². The van der Waals surface area contributed by atoms with Crippen LogP contribution in [0.15, 0.2) is 66.7 Å². The van der Waals surface area contributed by atoms with E-state index < -0.39 is 12.3 Å². The lowest BCUT2D eigenvalue weighted by Crippen LogP contribution is -2.38. The van der Waals surface area contributed by atoms with Crippen LogP contribution in [-0.4, -0.2) is 61.8 Å². The van der Waals surface area contributed by atoms with E-state index in [1.807, 2.05) is 67.6 Å². The summed E-state index contributed by atoms with van der Waals surface area (Å²) < 4.78 is 45.6. The summed E-state index contributed by atoms with van der Waals surface area (Å²) in [6.07, 6.45) is 1.06. The molecule has 51 heavy (non-hydrogen) atoms. The molecule has 6 rings (SSSR count). The summed E-state index contributed by atoms with van der Waals surface area (Å²) in [4.78, 5) is 18.7. The van der Waals surface area contributed by atoms with Gasteiger partial charge in [0.05, 0.1) is 53.9 Å². The fourth-order valence-electron chi connectivity index (χ4n) is 5.93. The second-order valence-corrected chi connectivity index (χ2v) is 11.6. The van der Waals surface area contributed by atoms with Crippen molar-refractivity contribution in [3.63, 3.8) is 0 Å². The zero-order chi connectivity index (χ0) is 36.1. The van der Waals surface area contributed by atoms with Gasteiger partial charge in [-0.15, -0.1) is 0 Å². The van der Waals surface area contributed by atoms with Crippen LogP contribution >= 0.6 is 0 Å². The molecular formula is C38H41N3O10. The first-order chi connectivity index (χ1) is 24.8. The predicted molar refractivity (Wildman–Crippen MR) is 190 cm³/mol. The van der Waals surface area contributed by atoms with E-state index >= 15 is 0 Å². The number of hydrogen-bond donors (Lipinski definition) is 3. The third kappa shape index (κ3) is 7.19. The Labute approximate surface area is 296 Å². The van der Waals surface area contributed by atoms with Crippen molar-refractivity contribution in [2.45, 2.75) is 19.2 Å². The van der Waals surface area contributed by atoms with Gasteiger partial charge < -0.3 is 48.5 Å². The number of carbonyl (C=O) groups is 1. The smallest absolute Gasteiger partial charge is 0.255 e. The quantitative estimate of drug-likeness (QED) is 0.134. The summed E-state index contributed by atoms with van der Waals surface area (Å²) in [5.41, 5.74) is 8.49. The van der Waals surface area contributed by atoms with Crippen molar-refractivity contribution in [3.05, 3.63) is 94.6 Å². The molecule has 0 fully saturated rings. The van der Waals surface area contributed by atoms with E-state index in [0.717, 1.165) is 27.9 Å². The third-order valence-corrected chi connectivity index (χ3v) is 8.50. The normalized spacial score (nSPS) is 16.1. The van der Waals surface area contributed by atoms with Crippen LogP contribution in [0.4, 0.5) is 5.69 Å². The van der Waals surface area contributed by atoms with Gasteiger partial charge in [-0.25, -0.2) is 0 Å². The van der Waals surface area contributed by atoms with Crippen molar-refractivity contribution in [2.75, 3.05) is 61.2 Å². The van der Waals surface area contributed by atoms with Crippen LogP contribution in [-0.2, 0) is 4.84 Å². The molecule has 0 saturated heterocycles. The minimum Gasteiger partial charge on any atom is -0.493 e. The highest BCUT2D eigenvalue weighted by molar-refractivity contribution is 6.01. The monoisotopic (exact) mass is 699 g/mol. The number of hydrogen-bond acceptors (Lipinski definition) is 12. The van der Waals surface area contributed by atoms with E-state index in [2.05, 4.69) is 16.1 Å².